The maximum Gasteiger partial charge on any atom is 0.408 e. The van der Waals surface area contributed by atoms with Crippen molar-refractivity contribution in [3.05, 3.63) is 24.0 Å². The van der Waals surface area contributed by atoms with E-state index < -0.39 is 28.9 Å². The molecule has 0 radical (unpaired) electrons. The van der Waals surface area contributed by atoms with Crippen molar-refractivity contribution in [1.29, 1.82) is 0 Å². The fourth-order valence-electron chi connectivity index (χ4n) is 4.15. The van der Waals surface area contributed by atoms with Gasteiger partial charge in [-0.15, -0.1) is 0 Å². The number of benzene rings is 1. The molecule has 1 fully saturated rings. The highest BCUT2D eigenvalue weighted by atomic mass is 16.5. The number of carboxylic acid groups (broad SMARTS) is 1. The molecule has 9 nitrogen and oxygen atoms in total. The summed E-state index contributed by atoms with van der Waals surface area (Å²) in [6.45, 7) is 5.71. The van der Waals surface area contributed by atoms with Gasteiger partial charge in [0.15, 0.2) is 0 Å². The molecule has 0 aliphatic carbocycles. The van der Waals surface area contributed by atoms with Gasteiger partial charge in [-0.3, -0.25) is 14.5 Å². The predicted molar refractivity (Wildman–Crippen MR) is 106 cm³/mol. The molecule has 4 N–H and O–H groups in total. The van der Waals surface area contributed by atoms with E-state index in [0.717, 1.165) is 0 Å². The molecule has 1 aliphatic rings. The second-order valence-electron chi connectivity index (χ2n) is 8.13. The molecule has 1 aliphatic heterocycles. The van der Waals surface area contributed by atoms with E-state index in [1.165, 1.54) is 12.0 Å². The summed E-state index contributed by atoms with van der Waals surface area (Å²) in [5, 5.41) is 12.9. The molecule has 0 bridgehead atoms. The molecule has 3 amide bonds. The number of carbonyl (C=O) groups excluding carboxylic acids is 2. The van der Waals surface area contributed by atoms with Gasteiger partial charge >= 0.3 is 6.09 Å². The van der Waals surface area contributed by atoms with Gasteiger partial charge in [0.25, 0.3) is 11.8 Å². The lowest BCUT2D eigenvalue weighted by molar-refractivity contribution is -0.131. The number of nitrogens with two attached hydrogens (primary N) is 1. The number of rotatable bonds is 4. The molecule has 0 saturated carbocycles. The molecule has 3 rings (SSSR count). The molecule has 9 heteroatoms. The van der Waals surface area contributed by atoms with Crippen molar-refractivity contribution in [2.45, 2.75) is 39.2 Å². The Balaban J connectivity index is 2.14. The average Bonchev–Trinajstić information content (AvgIpc) is 3.24. The van der Waals surface area contributed by atoms with Crippen LogP contribution >= 0.6 is 0 Å². The van der Waals surface area contributed by atoms with Gasteiger partial charge in [-0.2, -0.15) is 0 Å². The van der Waals surface area contributed by atoms with Crippen LogP contribution in [0.3, 0.4) is 0 Å². The summed E-state index contributed by atoms with van der Waals surface area (Å²) in [6, 6.07) is 4.88. The Morgan fingerprint density at radius 1 is 1.31 bits per heavy atom. The number of anilines is 1. The Morgan fingerprint density at radius 3 is 2.55 bits per heavy atom. The van der Waals surface area contributed by atoms with Crippen LogP contribution in [-0.4, -0.2) is 47.1 Å². The van der Waals surface area contributed by atoms with Crippen molar-refractivity contribution in [3.8, 4) is 5.75 Å². The number of hydrogen-bond acceptors (Lipinski definition) is 5. The summed E-state index contributed by atoms with van der Waals surface area (Å²) in [5.41, 5.74) is 3.90. The van der Waals surface area contributed by atoms with Gasteiger partial charge in [0.05, 0.1) is 7.11 Å². The van der Waals surface area contributed by atoms with Gasteiger partial charge in [-0.05, 0) is 36.5 Å². The van der Waals surface area contributed by atoms with Gasteiger partial charge in [-0.1, -0.05) is 20.8 Å². The Morgan fingerprint density at radius 2 is 2.00 bits per heavy atom. The number of primary amides is 1. The first kappa shape index (κ1) is 20.5. The van der Waals surface area contributed by atoms with Crippen LogP contribution in [0.2, 0.25) is 0 Å². The summed E-state index contributed by atoms with van der Waals surface area (Å²) in [6.07, 6.45) is -0.249. The highest BCUT2D eigenvalue weighted by Crippen LogP contribution is 2.45. The molecular formula is C20H25N3O6. The SMILES string of the molecule is COc1ccc2oc(C(N)=O)c(NC(=O)[C@@]3(C(C)(C)C)CCCN3C(=O)O)c2c1. The van der Waals surface area contributed by atoms with Crippen molar-refractivity contribution in [2.24, 2.45) is 11.1 Å². The Kier molecular flexibility index (Phi) is 4.94. The highest BCUT2D eigenvalue weighted by Gasteiger charge is 2.57. The van der Waals surface area contributed by atoms with Crippen LogP contribution in [0.1, 0.15) is 44.2 Å². The lowest BCUT2D eigenvalue weighted by Crippen LogP contribution is -2.62. The third-order valence-electron chi connectivity index (χ3n) is 5.59. The summed E-state index contributed by atoms with van der Waals surface area (Å²) in [7, 11) is 1.49. The lowest BCUT2D eigenvalue weighted by atomic mass is 9.71. The van der Waals surface area contributed by atoms with Crippen molar-refractivity contribution >= 4 is 34.6 Å². The Bertz CT molecular complexity index is 990. The molecule has 1 saturated heterocycles. The number of methoxy groups -OCH3 is 1. The van der Waals surface area contributed by atoms with E-state index in [4.69, 9.17) is 14.9 Å². The smallest absolute Gasteiger partial charge is 0.408 e. The molecule has 2 heterocycles. The molecule has 1 atom stereocenters. The molecule has 2 aromatic rings. The maximum atomic E-state index is 13.5. The second-order valence-corrected chi connectivity index (χ2v) is 8.13. The van der Waals surface area contributed by atoms with Crippen LogP contribution in [-0.2, 0) is 4.79 Å². The first-order valence-corrected chi connectivity index (χ1v) is 9.25. The van der Waals surface area contributed by atoms with Crippen LogP contribution in [0, 0.1) is 5.41 Å². The van der Waals surface area contributed by atoms with E-state index in [1.807, 2.05) is 20.8 Å². The minimum Gasteiger partial charge on any atom is -0.497 e. The predicted octanol–water partition coefficient (Wildman–Crippen LogP) is 3.04. The summed E-state index contributed by atoms with van der Waals surface area (Å²) < 4.78 is 10.8. The van der Waals surface area contributed by atoms with E-state index in [0.29, 0.717) is 29.6 Å². The van der Waals surface area contributed by atoms with Gasteiger partial charge in [-0.25, -0.2) is 4.79 Å². The first-order chi connectivity index (χ1) is 13.5. The third kappa shape index (κ3) is 3.16. The molecule has 0 unspecified atom stereocenters. The van der Waals surface area contributed by atoms with Crippen molar-refractivity contribution < 1.29 is 28.6 Å². The summed E-state index contributed by atoms with van der Waals surface area (Å²) >= 11 is 0. The highest BCUT2D eigenvalue weighted by molar-refractivity contribution is 6.13. The largest absolute Gasteiger partial charge is 0.497 e. The number of nitrogens with zero attached hydrogens (tertiary/aromatic N) is 1. The van der Waals surface area contributed by atoms with Gasteiger partial charge in [0.1, 0.15) is 22.6 Å². The van der Waals surface area contributed by atoms with Crippen molar-refractivity contribution in [3.63, 3.8) is 0 Å². The fourth-order valence-corrected chi connectivity index (χ4v) is 4.15. The van der Waals surface area contributed by atoms with E-state index in [9.17, 15) is 19.5 Å². The number of likely N-dealkylation sites (tertiary alicyclic amines) is 1. The van der Waals surface area contributed by atoms with E-state index in [1.54, 1.807) is 18.2 Å². The molecule has 1 aromatic carbocycles. The normalized spacial score (nSPS) is 19.4. The molecule has 0 spiro atoms. The first-order valence-electron chi connectivity index (χ1n) is 9.25. The number of nitrogens with one attached hydrogen (secondary N) is 1. The van der Waals surface area contributed by atoms with Crippen LogP contribution in [0.4, 0.5) is 10.5 Å². The van der Waals surface area contributed by atoms with E-state index in [-0.39, 0.29) is 18.0 Å². The van der Waals surface area contributed by atoms with Crippen LogP contribution in [0.5, 0.6) is 5.75 Å². The molecule has 1 aromatic heterocycles. The number of hydrogen-bond donors (Lipinski definition) is 3. The topological polar surface area (TPSA) is 135 Å². The summed E-state index contributed by atoms with van der Waals surface area (Å²) in [4.78, 5) is 38.5. The Hall–Kier alpha value is -3.23. The molecule has 29 heavy (non-hydrogen) atoms. The molecule has 156 valence electrons. The minimum absolute atomic E-state index is 0.109. The quantitative estimate of drug-likeness (QED) is 0.718. The fraction of sp³-hybridized carbons (Fsp3) is 0.450. The third-order valence-corrected chi connectivity index (χ3v) is 5.59. The van der Waals surface area contributed by atoms with Gasteiger partial charge in [0, 0.05) is 11.9 Å². The number of ether oxygens (including phenoxy) is 1. The lowest BCUT2D eigenvalue weighted by Gasteiger charge is -2.45. The Labute approximate surface area is 167 Å². The zero-order chi connectivity index (χ0) is 21.6. The van der Waals surface area contributed by atoms with Crippen LogP contribution < -0.4 is 15.8 Å². The summed E-state index contributed by atoms with van der Waals surface area (Å²) in [5.74, 6) is -1.08. The number of amides is 3. The van der Waals surface area contributed by atoms with Crippen molar-refractivity contribution in [2.75, 3.05) is 19.0 Å². The van der Waals surface area contributed by atoms with E-state index in [2.05, 4.69) is 5.32 Å². The zero-order valence-corrected chi connectivity index (χ0v) is 16.9. The van der Waals surface area contributed by atoms with Gasteiger partial charge in [0.2, 0.25) is 5.76 Å². The standard InChI is InChI=1S/C20H25N3O6/c1-19(2,3)20(8-5-9-23(20)18(26)27)17(25)22-14-12-10-11(28-4)6-7-13(12)29-15(14)16(21)24/h6-7,10H,5,8-9H2,1-4H3,(H2,21,24)(H,22,25)(H,26,27)/t20-/m1/s1. The van der Waals surface area contributed by atoms with E-state index >= 15 is 0 Å². The molecular weight excluding hydrogens is 378 g/mol. The number of carbonyl (C=O) groups is 3. The van der Waals surface area contributed by atoms with Crippen LogP contribution in [0.25, 0.3) is 11.0 Å². The average molecular weight is 403 g/mol. The van der Waals surface area contributed by atoms with Gasteiger partial charge < -0.3 is 25.3 Å². The van der Waals surface area contributed by atoms with Crippen LogP contribution in [0.15, 0.2) is 22.6 Å². The van der Waals surface area contributed by atoms with Crippen molar-refractivity contribution in [1.82, 2.24) is 4.90 Å². The number of fused-ring (bicyclic) bond motifs is 1. The maximum absolute atomic E-state index is 13.5. The zero-order valence-electron chi connectivity index (χ0n) is 16.9. The minimum atomic E-state index is -1.31. The number of furan rings is 1. The second kappa shape index (κ2) is 6.98. The monoisotopic (exact) mass is 403 g/mol.